The van der Waals surface area contributed by atoms with Gasteiger partial charge in [-0.2, -0.15) is 0 Å². The zero-order chi connectivity index (χ0) is 13.7. The Bertz CT molecular complexity index is 505. The molecule has 7 heteroatoms. The summed E-state index contributed by atoms with van der Waals surface area (Å²) in [6, 6.07) is 3.82. The first-order valence-corrected chi connectivity index (χ1v) is 5.98. The van der Waals surface area contributed by atoms with Crippen molar-refractivity contribution in [3.63, 3.8) is 0 Å². The molecular weight excluding hydrogens is 323 g/mol. The quantitative estimate of drug-likeness (QED) is 0.792. The van der Waals surface area contributed by atoms with E-state index >= 15 is 0 Å². The van der Waals surface area contributed by atoms with E-state index in [4.69, 9.17) is 16.7 Å². The highest BCUT2D eigenvalue weighted by molar-refractivity contribution is 9.10. The molecule has 1 aromatic rings. The van der Waals surface area contributed by atoms with Crippen molar-refractivity contribution < 1.29 is 14.7 Å². The number of hydrogen-bond donors (Lipinski definition) is 3. The Morgan fingerprint density at radius 2 is 2.11 bits per heavy atom. The topological polar surface area (TPSA) is 78.4 Å². The van der Waals surface area contributed by atoms with Gasteiger partial charge in [-0.25, -0.2) is 9.59 Å². The molecule has 0 unspecified atom stereocenters. The van der Waals surface area contributed by atoms with Crippen molar-refractivity contribution in [1.82, 2.24) is 5.32 Å². The van der Waals surface area contributed by atoms with Gasteiger partial charge in [0.25, 0.3) is 0 Å². The van der Waals surface area contributed by atoms with E-state index in [1.54, 1.807) is 6.07 Å². The van der Waals surface area contributed by atoms with Gasteiger partial charge in [0.1, 0.15) is 0 Å². The highest BCUT2D eigenvalue weighted by atomic mass is 79.9. The maximum absolute atomic E-state index is 11.5. The van der Waals surface area contributed by atoms with Crippen LogP contribution in [0.4, 0.5) is 10.5 Å². The third-order valence-electron chi connectivity index (χ3n) is 1.90. The number of carboxylic acid groups (broad SMARTS) is 1. The second-order valence-corrected chi connectivity index (χ2v) is 4.71. The predicted molar refractivity (Wildman–Crippen MR) is 73.1 cm³/mol. The van der Waals surface area contributed by atoms with Crippen LogP contribution in [0, 0.1) is 0 Å². The van der Waals surface area contributed by atoms with Crippen molar-refractivity contribution in [3.05, 3.63) is 39.8 Å². The highest BCUT2D eigenvalue weighted by Crippen LogP contribution is 2.23. The SMILES string of the molecule is C=C(Cl)CNC(=O)Nc1cc(C(=O)O)ccc1Br. The van der Waals surface area contributed by atoms with Crippen LogP contribution in [0.15, 0.2) is 34.3 Å². The molecular formula is C11H10BrClN2O3. The minimum absolute atomic E-state index is 0.0789. The van der Waals surface area contributed by atoms with Gasteiger partial charge in [0, 0.05) is 9.51 Å². The van der Waals surface area contributed by atoms with Crippen molar-refractivity contribution in [2.75, 3.05) is 11.9 Å². The van der Waals surface area contributed by atoms with E-state index in [1.165, 1.54) is 12.1 Å². The number of carbonyl (C=O) groups excluding carboxylic acids is 1. The number of hydrogen-bond acceptors (Lipinski definition) is 2. The Morgan fingerprint density at radius 3 is 2.67 bits per heavy atom. The fourth-order valence-electron chi connectivity index (χ4n) is 1.10. The molecule has 0 aliphatic carbocycles. The van der Waals surface area contributed by atoms with Crippen LogP contribution in [0.2, 0.25) is 0 Å². The minimum atomic E-state index is -1.07. The number of nitrogens with one attached hydrogen (secondary N) is 2. The molecule has 0 atom stereocenters. The number of amides is 2. The standard InChI is InChI=1S/C11H10BrClN2O3/c1-6(13)5-14-11(18)15-9-4-7(10(16)17)2-3-8(9)12/h2-4H,1,5H2,(H,16,17)(H2,14,15,18). The van der Waals surface area contributed by atoms with Crippen LogP contribution >= 0.6 is 27.5 Å². The van der Waals surface area contributed by atoms with Gasteiger partial charge in [0.15, 0.2) is 0 Å². The Morgan fingerprint density at radius 1 is 1.44 bits per heavy atom. The monoisotopic (exact) mass is 332 g/mol. The average molecular weight is 334 g/mol. The first kappa shape index (κ1) is 14.5. The molecule has 0 aliphatic rings. The van der Waals surface area contributed by atoms with Crippen molar-refractivity contribution >= 4 is 45.2 Å². The van der Waals surface area contributed by atoms with Crippen LogP contribution in [-0.4, -0.2) is 23.7 Å². The molecule has 2 amide bonds. The zero-order valence-corrected chi connectivity index (χ0v) is 11.5. The Kier molecular flexibility index (Phi) is 5.18. The van der Waals surface area contributed by atoms with Crippen molar-refractivity contribution in [1.29, 1.82) is 0 Å². The molecule has 1 rings (SSSR count). The molecule has 0 bridgehead atoms. The van der Waals surface area contributed by atoms with Crippen LogP contribution in [0.3, 0.4) is 0 Å². The third kappa shape index (κ3) is 4.38. The van der Waals surface area contributed by atoms with E-state index in [0.717, 1.165) is 0 Å². The van der Waals surface area contributed by atoms with Crippen molar-refractivity contribution in [3.8, 4) is 0 Å². The second kappa shape index (κ2) is 6.42. The first-order valence-electron chi connectivity index (χ1n) is 4.81. The smallest absolute Gasteiger partial charge is 0.335 e. The summed E-state index contributed by atoms with van der Waals surface area (Å²) in [6.07, 6.45) is 0. The molecule has 5 nitrogen and oxygen atoms in total. The van der Waals surface area contributed by atoms with Crippen LogP contribution in [0.5, 0.6) is 0 Å². The molecule has 0 aromatic heterocycles. The first-order chi connectivity index (χ1) is 8.40. The molecule has 0 radical (unpaired) electrons. The zero-order valence-electron chi connectivity index (χ0n) is 9.17. The number of anilines is 1. The predicted octanol–water partition coefficient (Wildman–Crippen LogP) is 3.02. The number of carbonyl (C=O) groups is 2. The molecule has 0 saturated heterocycles. The number of benzene rings is 1. The second-order valence-electron chi connectivity index (χ2n) is 3.32. The minimum Gasteiger partial charge on any atom is -0.478 e. The molecule has 96 valence electrons. The lowest BCUT2D eigenvalue weighted by atomic mass is 10.2. The molecule has 0 heterocycles. The number of rotatable bonds is 4. The third-order valence-corrected chi connectivity index (χ3v) is 2.73. The van der Waals surface area contributed by atoms with Crippen molar-refractivity contribution in [2.45, 2.75) is 0 Å². The van der Waals surface area contributed by atoms with Gasteiger partial charge in [0.05, 0.1) is 17.8 Å². The summed E-state index contributed by atoms with van der Waals surface area (Å²) in [5.74, 6) is -1.07. The number of aromatic carboxylic acids is 1. The highest BCUT2D eigenvalue weighted by Gasteiger charge is 2.09. The van der Waals surface area contributed by atoms with E-state index in [-0.39, 0.29) is 12.1 Å². The fourth-order valence-corrected chi connectivity index (χ4v) is 1.51. The lowest BCUT2D eigenvalue weighted by molar-refractivity contribution is 0.0697. The van der Waals surface area contributed by atoms with Gasteiger partial charge in [-0.15, -0.1) is 0 Å². The summed E-state index contributed by atoms with van der Waals surface area (Å²) in [7, 11) is 0. The van der Waals surface area contributed by atoms with E-state index in [2.05, 4.69) is 33.1 Å². The van der Waals surface area contributed by atoms with Gasteiger partial charge >= 0.3 is 12.0 Å². The summed E-state index contributed by atoms with van der Waals surface area (Å²) >= 11 is 8.71. The summed E-state index contributed by atoms with van der Waals surface area (Å²) < 4.78 is 0.576. The van der Waals surface area contributed by atoms with Crippen LogP contribution in [0.25, 0.3) is 0 Å². The lowest BCUT2D eigenvalue weighted by Crippen LogP contribution is -2.29. The van der Waals surface area contributed by atoms with Gasteiger partial charge in [0.2, 0.25) is 0 Å². The normalized spacial score (nSPS) is 9.67. The van der Waals surface area contributed by atoms with E-state index in [1.807, 2.05) is 0 Å². The van der Waals surface area contributed by atoms with Crippen LogP contribution in [0.1, 0.15) is 10.4 Å². The van der Waals surface area contributed by atoms with Crippen LogP contribution < -0.4 is 10.6 Å². The Labute approximate surface area is 117 Å². The molecule has 3 N–H and O–H groups in total. The van der Waals surface area contributed by atoms with Gasteiger partial charge in [-0.3, -0.25) is 0 Å². The lowest BCUT2D eigenvalue weighted by Gasteiger charge is -2.09. The van der Waals surface area contributed by atoms with E-state index in [9.17, 15) is 9.59 Å². The summed E-state index contributed by atoms with van der Waals surface area (Å²) in [5, 5.41) is 14.1. The van der Waals surface area contributed by atoms with Gasteiger partial charge < -0.3 is 15.7 Å². The maximum Gasteiger partial charge on any atom is 0.335 e. The maximum atomic E-state index is 11.5. The molecule has 0 spiro atoms. The molecule has 18 heavy (non-hydrogen) atoms. The number of halogens is 2. The fraction of sp³-hybridized carbons (Fsp3) is 0.0909. The van der Waals surface area contributed by atoms with Gasteiger partial charge in [-0.05, 0) is 34.1 Å². The molecule has 0 saturated carbocycles. The van der Waals surface area contributed by atoms with E-state index in [0.29, 0.717) is 15.2 Å². The largest absolute Gasteiger partial charge is 0.478 e. The summed E-state index contributed by atoms with van der Waals surface area (Å²) in [5.41, 5.74) is 0.433. The van der Waals surface area contributed by atoms with Crippen LogP contribution in [-0.2, 0) is 0 Å². The summed E-state index contributed by atoms with van der Waals surface area (Å²) in [4.78, 5) is 22.3. The summed E-state index contributed by atoms with van der Waals surface area (Å²) in [6.45, 7) is 3.55. The van der Waals surface area contributed by atoms with E-state index < -0.39 is 12.0 Å². The number of urea groups is 1. The molecule has 1 aromatic carbocycles. The number of carboxylic acids is 1. The molecule has 0 aliphatic heterocycles. The Hall–Kier alpha value is -1.53. The average Bonchev–Trinajstić information content (AvgIpc) is 2.29. The molecule has 0 fully saturated rings. The van der Waals surface area contributed by atoms with Crippen molar-refractivity contribution in [2.24, 2.45) is 0 Å². The van der Waals surface area contributed by atoms with Gasteiger partial charge in [-0.1, -0.05) is 18.2 Å². The Balaban J connectivity index is 2.77.